The summed E-state index contributed by atoms with van der Waals surface area (Å²) in [6, 6.07) is 10.3. The van der Waals surface area contributed by atoms with Crippen LogP contribution in [0.3, 0.4) is 0 Å². The highest BCUT2D eigenvalue weighted by atomic mass is 35.5. The molecule has 0 aliphatic carbocycles. The van der Waals surface area contributed by atoms with Crippen LogP contribution in [0.5, 0.6) is 0 Å². The van der Waals surface area contributed by atoms with Gasteiger partial charge < -0.3 is 5.32 Å². The monoisotopic (exact) mass is 299 g/mol. The van der Waals surface area contributed by atoms with Gasteiger partial charge in [0, 0.05) is 26.4 Å². The van der Waals surface area contributed by atoms with E-state index >= 15 is 0 Å². The van der Waals surface area contributed by atoms with Crippen molar-refractivity contribution < 1.29 is 0 Å². The van der Waals surface area contributed by atoms with Crippen molar-refractivity contribution in [3.05, 3.63) is 45.3 Å². The first kappa shape index (κ1) is 13.9. The largest absolute Gasteiger partial charge is 0.312 e. The number of halogens is 2. The molecule has 1 heterocycles. The van der Waals surface area contributed by atoms with Gasteiger partial charge in [-0.2, -0.15) is 0 Å². The van der Waals surface area contributed by atoms with Gasteiger partial charge in [0.25, 0.3) is 0 Å². The SMILES string of the molecule is CCC(NC)c1ccc(-c2ccc(Cl)cc2Cl)s1. The van der Waals surface area contributed by atoms with Crippen LogP contribution < -0.4 is 5.32 Å². The lowest BCUT2D eigenvalue weighted by Crippen LogP contribution is -2.13. The van der Waals surface area contributed by atoms with Crippen LogP contribution in [0.2, 0.25) is 10.0 Å². The van der Waals surface area contributed by atoms with Gasteiger partial charge in [-0.05, 0) is 37.7 Å². The van der Waals surface area contributed by atoms with Crippen LogP contribution in [0.15, 0.2) is 30.3 Å². The molecule has 2 rings (SSSR count). The summed E-state index contributed by atoms with van der Waals surface area (Å²) in [7, 11) is 1.99. The molecule has 1 unspecified atom stereocenters. The zero-order valence-electron chi connectivity index (χ0n) is 10.3. The third-order valence-electron chi connectivity index (χ3n) is 2.92. The second-order valence-electron chi connectivity index (χ2n) is 4.08. The van der Waals surface area contributed by atoms with Crippen LogP contribution in [0.25, 0.3) is 10.4 Å². The topological polar surface area (TPSA) is 12.0 Å². The zero-order chi connectivity index (χ0) is 13.1. The van der Waals surface area contributed by atoms with Crippen molar-refractivity contribution in [3.63, 3.8) is 0 Å². The Labute approximate surface area is 122 Å². The van der Waals surface area contributed by atoms with Gasteiger partial charge in [0.15, 0.2) is 0 Å². The molecule has 4 heteroatoms. The van der Waals surface area contributed by atoms with E-state index in [9.17, 15) is 0 Å². The van der Waals surface area contributed by atoms with Gasteiger partial charge >= 0.3 is 0 Å². The van der Waals surface area contributed by atoms with E-state index in [1.807, 2.05) is 19.2 Å². The Morgan fingerprint density at radius 2 is 2.00 bits per heavy atom. The maximum absolute atomic E-state index is 6.23. The Bertz CT molecular complexity index is 532. The fraction of sp³-hybridized carbons (Fsp3) is 0.286. The van der Waals surface area contributed by atoms with Gasteiger partial charge in [-0.15, -0.1) is 11.3 Å². The fourth-order valence-corrected chi connectivity index (χ4v) is 3.73. The molecule has 1 nitrogen and oxygen atoms in total. The van der Waals surface area contributed by atoms with Gasteiger partial charge in [0.1, 0.15) is 0 Å². The lowest BCUT2D eigenvalue weighted by Gasteiger charge is -2.10. The van der Waals surface area contributed by atoms with Crippen molar-refractivity contribution >= 4 is 34.5 Å². The molecular formula is C14H15Cl2NS. The highest BCUT2D eigenvalue weighted by molar-refractivity contribution is 7.15. The van der Waals surface area contributed by atoms with Crippen LogP contribution in [-0.4, -0.2) is 7.05 Å². The lowest BCUT2D eigenvalue weighted by atomic mass is 10.1. The first-order chi connectivity index (χ1) is 8.65. The minimum absolute atomic E-state index is 0.412. The number of hydrogen-bond donors (Lipinski definition) is 1. The van der Waals surface area contributed by atoms with Crippen LogP contribution in [0.4, 0.5) is 0 Å². The first-order valence-electron chi connectivity index (χ1n) is 5.88. The Kier molecular flexibility index (Phi) is 4.68. The van der Waals surface area contributed by atoms with Crippen molar-refractivity contribution in [2.75, 3.05) is 7.05 Å². The predicted molar refractivity (Wildman–Crippen MR) is 81.9 cm³/mol. The van der Waals surface area contributed by atoms with Gasteiger partial charge in [-0.3, -0.25) is 0 Å². The number of thiophene rings is 1. The number of rotatable bonds is 4. The third kappa shape index (κ3) is 2.89. The number of nitrogens with one attached hydrogen (secondary N) is 1. The maximum Gasteiger partial charge on any atom is 0.0507 e. The minimum Gasteiger partial charge on any atom is -0.312 e. The van der Waals surface area contributed by atoms with E-state index in [4.69, 9.17) is 23.2 Å². The summed E-state index contributed by atoms with van der Waals surface area (Å²) in [4.78, 5) is 2.52. The molecule has 0 aliphatic rings. The average molecular weight is 300 g/mol. The molecule has 1 aromatic heterocycles. The van der Waals surface area contributed by atoms with Crippen molar-refractivity contribution in [2.24, 2.45) is 0 Å². The molecule has 0 saturated carbocycles. The van der Waals surface area contributed by atoms with Crippen molar-refractivity contribution in [1.82, 2.24) is 5.32 Å². The summed E-state index contributed by atoms with van der Waals surface area (Å²) in [6.07, 6.45) is 1.07. The molecule has 1 aromatic carbocycles. The molecule has 0 radical (unpaired) electrons. The summed E-state index contributed by atoms with van der Waals surface area (Å²) in [6.45, 7) is 2.18. The molecule has 0 saturated heterocycles. The van der Waals surface area contributed by atoms with Crippen LogP contribution in [-0.2, 0) is 0 Å². The molecule has 0 spiro atoms. The van der Waals surface area contributed by atoms with E-state index in [1.54, 1.807) is 17.4 Å². The van der Waals surface area contributed by atoms with Crippen LogP contribution in [0.1, 0.15) is 24.3 Å². The van der Waals surface area contributed by atoms with E-state index in [1.165, 1.54) is 9.75 Å². The molecule has 2 aromatic rings. The Morgan fingerprint density at radius 1 is 1.22 bits per heavy atom. The Hall–Kier alpha value is -0.540. The normalized spacial score (nSPS) is 12.7. The second kappa shape index (κ2) is 6.07. The molecule has 1 atom stereocenters. The molecule has 0 aliphatic heterocycles. The molecule has 18 heavy (non-hydrogen) atoms. The number of benzene rings is 1. The quantitative estimate of drug-likeness (QED) is 0.798. The highest BCUT2D eigenvalue weighted by Gasteiger charge is 2.12. The van der Waals surface area contributed by atoms with Gasteiger partial charge in [-0.1, -0.05) is 36.2 Å². The van der Waals surface area contributed by atoms with Crippen molar-refractivity contribution in [3.8, 4) is 10.4 Å². The first-order valence-corrected chi connectivity index (χ1v) is 7.45. The smallest absolute Gasteiger partial charge is 0.0507 e. The summed E-state index contributed by atoms with van der Waals surface area (Å²) in [5.41, 5.74) is 1.04. The molecule has 0 fully saturated rings. The molecule has 0 amide bonds. The van der Waals surface area contributed by atoms with E-state index in [-0.39, 0.29) is 0 Å². The second-order valence-corrected chi connectivity index (χ2v) is 6.03. The van der Waals surface area contributed by atoms with E-state index in [0.29, 0.717) is 16.1 Å². The lowest BCUT2D eigenvalue weighted by molar-refractivity contribution is 0.586. The van der Waals surface area contributed by atoms with E-state index in [0.717, 1.165) is 12.0 Å². The standard InChI is InChI=1S/C14H15Cl2NS/c1-3-12(17-2)14-7-6-13(18-14)10-5-4-9(15)8-11(10)16/h4-8,12,17H,3H2,1-2H3. The number of hydrogen-bond acceptors (Lipinski definition) is 2. The van der Waals surface area contributed by atoms with Gasteiger partial charge in [0.05, 0.1) is 5.02 Å². The minimum atomic E-state index is 0.412. The molecule has 0 bridgehead atoms. The summed E-state index contributed by atoms with van der Waals surface area (Å²) in [5.74, 6) is 0. The van der Waals surface area contributed by atoms with Crippen molar-refractivity contribution in [1.29, 1.82) is 0 Å². The zero-order valence-corrected chi connectivity index (χ0v) is 12.7. The van der Waals surface area contributed by atoms with Crippen molar-refractivity contribution in [2.45, 2.75) is 19.4 Å². The maximum atomic E-state index is 6.23. The summed E-state index contributed by atoms with van der Waals surface area (Å²) in [5, 5.41) is 4.68. The van der Waals surface area contributed by atoms with E-state index in [2.05, 4.69) is 24.4 Å². The highest BCUT2D eigenvalue weighted by Crippen LogP contribution is 2.37. The summed E-state index contributed by atoms with van der Waals surface area (Å²) >= 11 is 13.9. The average Bonchev–Trinajstić information content (AvgIpc) is 2.80. The Morgan fingerprint density at radius 3 is 2.61 bits per heavy atom. The van der Waals surface area contributed by atoms with E-state index < -0.39 is 0 Å². The van der Waals surface area contributed by atoms with Crippen LogP contribution in [0, 0.1) is 0 Å². The Balaban J connectivity index is 2.34. The molecule has 1 N–H and O–H groups in total. The predicted octanol–water partition coefficient (Wildman–Crippen LogP) is 5.39. The molecule has 96 valence electrons. The van der Waals surface area contributed by atoms with Gasteiger partial charge in [0.2, 0.25) is 0 Å². The van der Waals surface area contributed by atoms with Gasteiger partial charge in [-0.25, -0.2) is 0 Å². The molecular weight excluding hydrogens is 285 g/mol. The third-order valence-corrected chi connectivity index (χ3v) is 4.70. The van der Waals surface area contributed by atoms with Crippen LogP contribution >= 0.6 is 34.5 Å². The summed E-state index contributed by atoms with van der Waals surface area (Å²) < 4.78 is 0. The fourth-order valence-electron chi connectivity index (χ4n) is 1.92.